The molecular formula is C24H22N6O2S. The maximum atomic E-state index is 10.1. The third-order valence-corrected chi connectivity index (χ3v) is 6.26. The summed E-state index contributed by atoms with van der Waals surface area (Å²) in [5.74, 6) is 1.90. The number of hydrogen-bond acceptors (Lipinski definition) is 9. The van der Waals surface area contributed by atoms with Crippen molar-refractivity contribution in [3.8, 4) is 29.0 Å². The lowest BCUT2D eigenvalue weighted by Gasteiger charge is -2.33. The Hall–Kier alpha value is -3.66. The average molecular weight is 459 g/mol. The third kappa shape index (κ3) is 5.06. The summed E-state index contributed by atoms with van der Waals surface area (Å²) in [4.78, 5) is 15.0. The first-order chi connectivity index (χ1) is 16.2. The average Bonchev–Trinajstić information content (AvgIpc) is 2.82. The molecule has 9 heteroatoms. The molecule has 1 aliphatic rings. The minimum atomic E-state index is 0.394. The van der Waals surface area contributed by atoms with Gasteiger partial charge in [0.15, 0.2) is 0 Å². The smallest absolute Gasteiger partial charge is 0.148 e. The van der Waals surface area contributed by atoms with Crippen LogP contribution >= 0.6 is 11.8 Å². The van der Waals surface area contributed by atoms with Gasteiger partial charge in [-0.3, -0.25) is 0 Å². The number of benzene rings is 1. The maximum Gasteiger partial charge on any atom is 0.148 e. The Balaban J connectivity index is 1.75. The number of pyridine rings is 1. The topological polar surface area (TPSA) is 108 Å². The highest BCUT2D eigenvalue weighted by atomic mass is 32.2. The molecule has 0 atom stereocenters. The van der Waals surface area contributed by atoms with E-state index in [4.69, 9.17) is 14.5 Å². The zero-order valence-electron chi connectivity index (χ0n) is 18.2. The fourth-order valence-electron chi connectivity index (χ4n) is 3.43. The molecule has 0 spiro atoms. The standard InChI is InChI=1S/C24H22N6O2S/c1-31-9-10-32-19-5-3-18(4-6-19)22-20(11-25)23(30-7-2-8-30)29-24(21(22)12-26)33-15-17-13-27-16-28-14-17/h3-6,13-14,16H,2,7-10,15H2,1H3. The van der Waals surface area contributed by atoms with E-state index in [1.54, 1.807) is 19.5 Å². The van der Waals surface area contributed by atoms with Crippen LogP contribution < -0.4 is 9.64 Å². The highest BCUT2D eigenvalue weighted by Crippen LogP contribution is 2.39. The van der Waals surface area contributed by atoms with E-state index in [0.717, 1.165) is 30.6 Å². The number of hydrogen-bond donors (Lipinski definition) is 0. The van der Waals surface area contributed by atoms with Gasteiger partial charge in [0, 0.05) is 43.9 Å². The van der Waals surface area contributed by atoms with E-state index in [-0.39, 0.29) is 0 Å². The second kappa shape index (κ2) is 10.8. The van der Waals surface area contributed by atoms with Crippen LogP contribution in [0.15, 0.2) is 48.0 Å². The Labute approximate surface area is 196 Å². The van der Waals surface area contributed by atoms with Gasteiger partial charge in [-0.15, -0.1) is 11.8 Å². The molecule has 1 aliphatic heterocycles. The van der Waals surface area contributed by atoms with Gasteiger partial charge in [-0.2, -0.15) is 10.5 Å². The normalized spacial score (nSPS) is 12.5. The summed E-state index contributed by atoms with van der Waals surface area (Å²) in [6, 6.07) is 12.0. The minimum absolute atomic E-state index is 0.394. The SMILES string of the molecule is COCCOc1ccc(-c2c(C#N)c(SCc3cncnc3)nc(N3CCC3)c2C#N)cc1. The van der Waals surface area contributed by atoms with Crippen LogP contribution in [-0.2, 0) is 10.5 Å². The molecule has 3 heterocycles. The molecule has 0 N–H and O–H groups in total. The predicted octanol–water partition coefficient (Wildman–Crippen LogP) is 3.81. The summed E-state index contributed by atoms with van der Waals surface area (Å²) < 4.78 is 10.7. The lowest BCUT2D eigenvalue weighted by atomic mass is 9.96. The predicted molar refractivity (Wildman–Crippen MR) is 125 cm³/mol. The van der Waals surface area contributed by atoms with E-state index in [9.17, 15) is 10.5 Å². The second-order valence-electron chi connectivity index (χ2n) is 7.33. The van der Waals surface area contributed by atoms with Crippen LogP contribution in [-0.4, -0.2) is 48.4 Å². The molecule has 0 radical (unpaired) electrons. The maximum absolute atomic E-state index is 10.1. The van der Waals surface area contributed by atoms with Crippen LogP contribution in [0.2, 0.25) is 0 Å². The number of rotatable bonds is 9. The zero-order chi connectivity index (χ0) is 23.0. The van der Waals surface area contributed by atoms with Crippen molar-refractivity contribution in [3.63, 3.8) is 0 Å². The van der Waals surface area contributed by atoms with E-state index in [1.807, 2.05) is 24.3 Å². The first-order valence-electron chi connectivity index (χ1n) is 10.5. The molecule has 0 bridgehead atoms. The molecule has 1 aromatic carbocycles. The van der Waals surface area contributed by atoms with Crippen molar-refractivity contribution in [1.82, 2.24) is 15.0 Å². The highest BCUT2D eigenvalue weighted by molar-refractivity contribution is 7.98. The highest BCUT2D eigenvalue weighted by Gasteiger charge is 2.27. The number of aromatic nitrogens is 3. The summed E-state index contributed by atoms with van der Waals surface area (Å²) >= 11 is 1.45. The van der Waals surface area contributed by atoms with Crippen LogP contribution in [0.1, 0.15) is 23.1 Å². The zero-order valence-corrected chi connectivity index (χ0v) is 19.0. The summed E-state index contributed by atoms with van der Waals surface area (Å²) in [7, 11) is 1.62. The molecule has 0 aliphatic carbocycles. The van der Waals surface area contributed by atoms with Crippen molar-refractivity contribution >= 4 is 17.6 Å². The van der Waals surface area contributed by atoms with Gasteiger partial charge in [-0.1, -0.05) is 12.1 Å². The van der Waals surface area contributed by atoms with E-state index >= 15 is 0 Å². The largest absolute Gasteiger partial charge is 0.491 e. The quantitative estimate of drug-likeness (QED) is 0.349. The number of anilines is 1. The number of nitrogens with zero attached hydrogens (tertiary/aromatic N) is 6. The van der Waals surface area contributed by atoms with Crippen molar-refractivity contribution in [2.75, 3.05) is 38.3 Å². The van der Waals surface area contributed by atoms with Gasteiger partial charge in [0.1, 0.15) is 47.2 Å². The molecule has 1 saturated heterocycles. The van der Waals surface area contributed by atoms with Crippen molar-refractivity contribution < 1.29 is 9.47 Å². The third-order valence-electron chi connectivity index (χ3n) is 5.21. The summed E-state index contributed by atoms with van der Waals surface area (Å²) in [5, 5.41) is 20.7. The number of ether oxygens (including phenoxy) is 2. The molecule has 0 amide bonds. The van der Waals surface area contributed by atoms with Gasteiger partial charge in [0.25, 0.3) is 0 Å². The Bertz CT molecular complexity index is 1180. The Morgan fingerprint density at radius 3 is 2.36 bits per heavy atom. The first kappa shape index (κ1) is 22.5. The van der Waals surface area contributed by atoms with Gasteiger partial charge in [0.05, 0.1) is 12.2 Å². The molecule has 1 fully saturated rings. The fourth-order valence-corrected chi connectivity index (χ4v) is 4.32. The summed E-state index contributed by atoms with van der Waals surface area (Å²) in [6.07, 6.45) is 6.03. The Kier molecular flexibility index (Phi) is 7.36. The summed E-state index contributed by atoms with van der Waals surface area (Å²) in [5.41, 5.74) is 3.13. The van der Waals surface area contributed by atoms with Crippen molar-refractivity contribution in [3.05, 3.63) is 59.7 Å². The van der Waals surface area contributed by atoms with Crippen LogP contribution in [0.4, 0.5) is 5.82 Å². The second-order valence-corrected chi connectivity index (χ2v) is 8.29. The van der Waals surface area contributed by atoms with E-state index in [0.29, 0.717) is 52.3 Å². The molecule has 3 aromatic rings. The fraction of sp³-hybridized carbons (Fsp3) is 0.292. The molecule has 0 unspecified atom stereocenters. The van der Waals surface area contributed by atoms with Crippen molar-refractivity contribution in [2.24, 2.45) is 0 Å². The van der Waals surface area contributed by atoms with E-state index in [2.05, 4.69) is 27.0 Å². The molecule has 8 nitrogen and oxygen atoms in total. The van der Waals surface area contributed by atoms with Gasteiger partial charge in [-0.25, -0.2) is 15.0 Å². The molecular weight excluding hydrogens is 436 g/mol. The van der Waals surface area contributed by atoms with Crippen molar-refractivity contribution in [2.45, 2.75) is 17.2 Å². The lowest BCUT2D eigenvalue weighted by Crippen LogP contribution is -2.38. The van der Waals surface area contributed by atoms with Crippen LogP contribution in [0, 0.1) is 22.7 Å². The van der Waals surface area contributed by atoms with E-state index in [1.165, 1.54) is 18.1 Å². The van der Waals surface area contributed by atoms with Gasteiger partial charge >= 0.3 is 0 Å². The van der Waals surface area contributed by atoms with E-state index < -0.39 is 0 Å². The summed E-state index contributed by atoms with van der Waals surface area (Å²) in [6.45, 7) is 2.63. The molecule has 2 aromatic heterocycles. The minimum Gasteiger partial charge on any atom is -0.491 e. The van der Waals surface area contributed by atoms with Gasteiger partial charge in [-0.05, 0) is 29.7 Å². The van der Waals surface area contributed by atoms with Gasteiger partial charge < -0.3 is 14.4 Å². The van der Waals surface area contributed by atoms with Gasteiger partial charge in [0.2, 0.25) is 0 Å². The molecule has 4 rings (SSSR count). The first-order valence-corrected chi connectivity index (χ1v) is 11.5. The number of thioether (sulfide) groups is 1. The van der Waals surface area contributed by atoms with Crippen LogP contribution in [0.3, 0.4) is 0 Å². The molecule has 166 valence electrons. The van der Waals surface area contributed by atoms with Crippen LogP contribution in [0.25, 0.3) is 11.1 Å². The number of nitriles is 2. The number of methoxy groups -OCH3 is 1. The van der Waals surface area contributed by atoms with Crippen LogP contribution in [0.5, 0.6) is 5.75 Å². The Morgan fingerprint density at radius 1 is 1.03 bits per heavy atom. The van der Waals surface area contributed by atoms with Crippen molar-refractivity contribution in [1.29, 1.82) is 10.5 Å². The lowest BCUT2D eigenvalue weighted by molar-refractivity contribution is 0.146. The Morgan fingerprint density at radius 2 is 1.76 bits per heavy atom. The molecule has 0 saturated carbocycles. The monoisotopic (exact) mass is 458 g/mol. The molecule has 33 heavy (non-hydrogen) atoms.